The summed E-state index contributed by atoms with van der Waals surface area (Å²) in [6.07, 6.45) is 4.98. The average molecular weight is 219 g/mol. The van der Waals surface area contributed by atoms with Crippen molar-refractivity contribution in [2.75, 3.05) is 13.1 Å². The normalized spacial score (nSPS) is 37.9. The smallest absolute Gasteiger partial charge is 0.229 e. The van der Waals surface area contributed by atoms with Gasteiger partial charge in [0, 0.05) is 11.8 Å². The molecule has 0 amide bonds. The maximum absolute atomic E-state index is 5.35. The first-order chi connectivity index (χ1) is 7.90. The van der Waals surface area contributed by atoms with Crippen molar-refractivity contribution in [3.63, 3.8) is 0 Å². The van der Waals surface area contributed by atoms with Gasteiger partial charge in [-0.05, 0) is 50.6 Å². The Morgan fingerprint density at radius 3 is 2.50 bits per heavy atom. The second-order valence-corrected chi connectivity index (χ2v) is 5.61. The molecule has 3 aliphatic rings. The lowest BCUT2D eigenvalue weighted by atomic mass is 10.0. The maximum atomic E-state index is 5.35. The number of rotatable bonds is 2. The van der Waals surface area contributed by atoms with E-state index in [9.17, 15) is 0 Å². The van der Waals surface area contributed by atoms with Crippen molar-refractivity contribution in [3.8, 4) is 0 Å². The Labute approximate surface area is 94.8 Å². The predicted octanol–water partition coefficient (Wildman–Crippen LogP) is 1.66. The summed E-state index contributed by atoms with van der Waals surface area (Å²) >= 11 is 0. The Morgan fingerprint density at radius 2 is 1.81 bits per heavy atom. The highest BCUT2D eigenvalue weighted by molar-refractivity contribution is 5.08. The van der Waals surface area contributed by atoms with E-state index < -0.39 is 0 Å². The van der Waals surface area contributed by atoms with Crippen LogP contribution >= 0.6 is 0 Å². The summed E-state index contributed by atoms with van der Waals surface area (Å²) in [5.74, 6) is 4.74. The Hall–Kier alpha value is -0.900. The van der Waals surface area contributed by atoms with Crippen LogP contribution in [0.1, 0.15) is 49.2 Å². The van der Waals surface area contributed by atoms with Gasteiger partial charge in [-0.1, -0.05) is 5.16 Å². The average Bonchev–Trinajstić information content (AvgIpc) is 2.75. The first-order valence-electron chi connectivity index (χ1n) is 6.44. The molecule has 1 aromatic rings. The van der Waals surface area contributed by atoms with Crippen LogP contribution in [0.3, 0.4) is 0 Å². The third-order valence-electron chi connectivity index (χ3n) is 4.40. The molecule has 86 valence electrons. The lowest BCUT2D eigenvalue weighted by Crippen LogP contribution is -2.11. The number of nitrogens with one attached hydrogen (secondary N) is 1. The molecule has 16 heavy (non-hydrogen) atoms. The fourth-order valence-electron chi connectivity index (χ4n) is 3.29. The SMILES string of the molecule is C1CC1c1nc(C2CC3CNC[C@H]3C2)no1. The van der Waals surface area contributed by atoms with Crippen molar-refractivity contribution in [3.05, 3.63) is 11.7 Å². The van der Waals surface area contributed by atoms with Crippen LogP contribution in [0.25, 0.3) is 0 Å². The van der Waals surface area contributed by atoms with E-state index in [1.807, 2.05) is 0 Å². The third kappa shape index (κ3) is 1.39. The molecule has 1 aromatic heterocycles. The largest absolute Gasteiger partial charge is 0.339 e. The number of nitrogens with zero attached hydrogens (tertiary/aromatic N) is 2. The number of hydrogen-bond donors (Lipinski definition) is 1. The van der Waals surface area contributed by atoms with Gasteiger partial charge in [-0.3, -0.25) is 0 Å². The highest BCUT2D eigenvalue weighted by Gasteiger charge is 2.40. The zero-order valence-corrected chi connectivity index (χ0v) is 9.35. The van der Waals surface area contributed by atoms with Gasteiger partial charge in [-0.15, -0.1) is 0 Å². The summed E-state index contributed by atoms with van der Waals surface area (Å²) in [5, 5.41) is 7.65. The molecule has 4 nitrogen and oxygen atoms in total. The number of aromatic nitrogens is 2. The molecule has 2 heterocycles. The van der Waals surface area contributed by atoms with Crippen molar-refractivity contribution in [1.29, 1.82) is 0 Å². The van der Waals surface area contributed by atoms with E-state index >= 15 is 0 Å². The maximum Gasteiger partial charge on any atom is 0.229 e. The molecule has 2 saturated carbocycles. The number of hydrogen-bond acceptors (Lipinski definition) is 4. The van der Waals surface area contributed by atoms with Gasteiger partial charge in [0.05, 0.1) is 0 Å². The van der Waals surface area contributed by atoms with E-state index in [0.717, 1.165) is 23.6 Å². The lowest BCUT2D eigenvalue weighted by Gasteiger charge is -2.04. The van der Waals surface area contributed by atoms with Crippen LogP contribution in [0.2, 0.25) is 0 Å². The molecule has 1 N–H and O–H groups in total. The third-order valence-corrected chi connectivity index (χ3v) is 4.40. The van der Waals surface area contributed by atoms with E-state index in [1.54, 1.807) is 0 Å². The molecular formula is C12H17N3O. The van der Waals surface area contributed by atoms with Crippen molar-refractivity contribution in [2.45, 2.75) is 37.5 Å². The highest BCUT2D eigenvalue weighted by Crippen LogP contribution is 2.44. The first kappa shape index (κ1) is 9.16. The molecule has 0 aromatic carbocycles. The minimum Gasteiger partial charge on any atom is -0.339 e. The minimum atomic E-state index is 0.563. The fourth-order valence-corrected chi connectivity index (χ4v) is 3.29. The molecular weight excluding hydrogens is 202 g/mol. The van der Waals surface area contributed by atoms with Crippen LogP contribution in [0.4, 0.5) is 0 Å². The quantitative estimate of drug-likeness (QED) is 0.822. The second kappa shape index (κ2) is 3.29. The van der Waals surface area contributed by atoms with Crippen LogP contribution < -0.4 is 5.32 Å². The summed E-state index contributed by atoms with van der Waals surface area (Å²) < 4.78 is 5.35. The molecule has 0 bridgehead atoms. The topological polar surface area (TPSA) is 51.0 Å². The molecule has 0 radical (unpaired) electrons. The van der Waals surface area contributed by atoms with Gasteiger partial charge >= 0.3 is 0 Å². The molecule has 3 atom stereocenters. The number of fused-ring (bicyclic) bond motifs is 1. The van der Waals surface area contributed by atoms with Gasteiger partial charge in [0.2, 0.25) is 5.89 Å². The van der Waals surface area contributed by atoms with Gasteiger partial charge in [-0.2, -0.15) is 4.98 Å². The Balaban J connectivity index is 1.52. The highest BCUT2D eigenvalue weighted by atomic mass is 16.5. The van der Waals surface area contributed by atoms with E-state index in [1.165, 1.54) is 38.8 Å². The molecule has 2 aliphatic carbocycles. The van der Waals surface area contributed by atoms with E-state index in [4.69, 9.17) is 4.52 Å². The van der Waals surface area contributed by atoms with Crippen molar-refractivity contribution >= 4 is 0 Å². The molecule has 4 rings (SSSR count). The van der Waals surface area contributed by atoms with Crippen LogP contribution in [0.15, 0.2) is 4.52 Å². The van der Waals surface area contributed by atoms with Crippen LogP contribution in [-0.4, -0.2) is 23.2 Å². The predicted molar refractivity (Wildman–Crippen MR) is 58.1 cm³/mol. The molecule has 2 unspecified atom stereocenters. The van der Waals surface area contributed by atoms with Crippen molar-refractivity contribution in [1.82, 2.24) is 15.5 Å². The van der Waals surface area contributed by atoms with E-state index in [2.05, 4.69) is 15.5 Å². The summed E-state index contributed by atoms with van der Waals surface area (Å²) in [6.45, 7) is 2.38. The monoisotopic (exact) mass is 219 g/mol. The van der Waals surface area contributed by atoms with Crippen LogP contribution in [-0.2, 0) is 0 Å². The van der Waals surface area contributed by atoms with Crippen molar-refractivity contribution < 1.29 is 4.52 Å². The Kier molecular flexibility index (Phi) is 1.89. The Bertz CT molecular complexity index is 387. The second-order valence-electron chi connectivity index (χ2n) is 5.61. The zero-order chi connectivity index (χ0) is 10.5. The standard InChI is InChI=1S/C12H17N3O/c1-2-7(1)12-14-11(15-16-12)8-3-9-5-13-6-10(9)4-8/h7-10,13H,1-6H2/t8?,9-,10?/m1/s1. The van der Waals surface area contributed by atoms with Crippen LogP contribution in [0.5, 0.6) is 0 Å². The van der Waals surface area contributed by atoms with Gasteiger partial charge in [0.15, 0.2) is 5.82 Å². The van der Waals surface area contributed by atoms with Gasteiger partial charge in [0.25, 0.3) is 0 Å². The molecule has 3 fully saturated rings. The summed E-state index contributed by atoms with van der Waals surface area (Å²) in [6, 6.07) is 0. The molecule has 4 heteroatoms. The summed E-state index contributed by atoms with van der Waals surface area (Å²) in [4.78, 5) is 4.58. The van der Waals surface area contributed by atoms with Gasteiger partial charge in [0.1, 0.15) is 0 Å². The van der Waals surface area contributed by atoms with E-state index in [0.29, 0.717) is 11.8 Å². The lowest BCUT2D eigenvalue weighted by molar-refractivity contribution is 0.369. The zero-order valence-electron chi connectivity index (χ0n) is 9.35. The molecule has 1 saturated heterocycles. The summed E-state index contributed by atoms with van der Waals surface area (Å²) in [7, 11) is 0. The van der Waals surface area contributed by atoms with Gasteiger partial charge < -0.3 is 9.84 Å². The molecule has 0 spiro atoms. The first-order valence-corrected chi connectivity index (χ1v) is 6.44. The van der Waals surface area contributed by atoms with E-state index in [-0.39, 0.29) is 0 Å². The summed E-state index contributed by atoms with van der Waals surface area (Å²) in [5.41, 5.74) is 0. The van der Waals surface area contributed by atoms with Crippen molar-refractivity contribution in [2.24, 2.45) is 11.8 Å². The Morgan fingerprint density at radius 1 is 1.06 bits per heavy atom. The van der Waals surface area contributed by atoms with Crippen LogP contribution in [0, 0.1) is 11.8 Å². The minimum absolute atomic E-state index is 0.563. The molecule has 1 aliphatic heterocycles. The fraction of sp³-hybridized carbons (Fsp3) is 0.833. The van der Waals surface area contributed by atoms with Gasteiger partial charge in [-0.25, -0.2) is 0 Å².